The Morgan fingerprint density at radius 1 is 1.21 bits per heavy atom. The topological polar surface area (TPSA) is 44.4 Å². The fraction of sp³-hybridized carbons (Fsp3) is 0.611. The molecule has 2 N–H and O–H groups in total. The van der Waals surface area contributed by atoms with E-state index < -0.39 is 0 Å². The third kappa shape index (κ3) is 5.35. The number of amides is 1. The Morgan fingerprint density at radius 2 is 1.83 bits per heavy atom. The first-order valence-electron chi connectivity index (χ1n) is 8.52. The van der Waals surface area contributed by atoms with Gasteiger partial charge in [-0.05, 0) is 50.5 Å². The first-order valence-corrected chi connectivity index (χ1v) is 8.52. The van der Waals surface area contributed by atoms with Gasteiger partial charge in [-0.1, -0.05) is 37.3 Å². The van der Waals surface area contributed by atoms with Gasteiger partial charge in [-0.15, -0.1) is 24.8 Å². The fourth-order valence-corrected chi connectivity index (χ4v) is 3.32. The summed E-state index contributed by atoms with van der Waals surface area (Å²) >= 11 is 0. The maximum Gasteiger partial charge on any atom is 0.223 e. The standard InChI is InChI=1S/C18H27N3O.2ClH/c1-14(16-11-19-12-16)18(22)20-17(13-21-9-5-6-10-21)15-7-3-2-4-8-15;;/h2-4,7-8,14,16-17,19H,5-6,9-13H2,1H3,(H,20,22);2*1H. The van der Waals surface area contributed by atoms with E-state index in [9.17, 15) is 4.79 Å². The summed E-state index contributed by atoms with van der Waals surface area (Å²) in [5, 5.41) is 6.55. The lowest BCUT2D eigenvalue weighted by molar-refractivity contribution is -0.127. The van der Waals surface area contributed by atoms with Gasteiger partial charge in [-0.25, -0.2) is 0 Å². The maximum atomic E-state index is 12.6. The smallest absolute Gasteiger partial charge is 0.223 e. The molecule has 0 saturated carbocycles. The molecule has 2 fully saturated rings. The minimum atomic E-state index is 0. The lowest BCUT2D eigenvalue weighted by Gasteiger charge is -2.33. The molecule has 0 bridgehead atoms. The molecule has 1 aromatic carbocycles. The second-order valence-electron chi connectivity index (χ2n) is 6.69. The van der Waals surface area contributed by atoms with Crippen LogP contribution in [0.15, 0.2) is 30.3 Å². The number of hydrogen-bond donors (Lipinski definition) is 2. The van der Waals surface area contributed by atoms with Gasteiger partial charge in [0, 0.05) is 12.5 Å². The van der Waals surface area contributed by atoms with Gasteiger partial charge in [0.25, 0.3) is 0 Å². The van der Waals surface area contributed by atoms with Crippen LogP contribution >= 0.6 is 24.8 Å². The fourth-order valence-electron chi connectivity index (χ4n) is 3.32. The molecule has 2 heterocycles. The minimum Gasteiger partial charge on any atom is -0.348 e. The van der Waals surface area contributed by atoms with Crippen LogP contribution in [-0.2, 0) is 4.79 Å². The number of rotatable bonds is 6. The van der Waals surface area contributed by atoms with E-state index in [4.69, 9.17) is 0 Å². The van der Waals surface area contributed by atoms with Crippen LogP contribution < -0.4 is 10.6 Å². The van der Waals surface area contributed by atoms with Crippen molar-refractivity contribution in [1.29, 1.82) is 0 Å². The predicted molar refractivity (Wildman–Crippen MR) is 103 cm³/mol. The molecule has 1 aromatic rings. The van der Waals surface area contributed by atoms with E-state index in [1.807, 2.05) is 6.07 Å². The molecule has 0 aliphatic carbocycles. The van der Waals surface area contributed by atoms with Gasteiger partial charge in [0.2, 0.25) is 5.91 Å². The Bertz CT molecular complexity index is 490. The first-order chi connectivity index (χ1) is 10.7. The quantitative estimate of drug-likeness (QED) is 0.805. The van der Waals surface area contributed by atoms with Crippen molar-refractivity contribution in [2.45, 2.75) is 25.8 Å². The van der Waals surface area contributed by atoms with Crippen LogP contribution in [0.3, 0.4) is 0 Å². The van der Waals surface area contributed by atoms with E-state index in [2.05, 4.69) is 46.7 Å². The van der Waals surface area contributed by atoms with E-state index >= 15 is 0 Å². The van der Waals surface area contributed by atoms with Crippen LogP contribution in [0.5, 0.6) is 0 Å². The van der Waals surface area contributed by atoms with Gasteiger partial charge in [0.15, 0.2) is 0 Å². The van der Waals surface area contributed by atoms with Crippen molar-refractivity contribution in [3.63, 3.8) is 0 Å². The molecule has 24 heavy (non-hydrogen) atoms. The predicted octanol–water partition coefficient (Wildman–Crippen LogP) is 2.64. The molecule has 1 amide bonds. The van der Waals surface area contributed by atoms with Crippen molar-refractivity contribution < 1.29 is 4.79 Å². The molecular formula is C18H29Cl2N3O. The molecule has 2 aliphatic rings. The Kier molecular flexibility index (Phi) is 9.06. The summed E-state index contributed by atoms with van der Waals surface area (Å²) in [4.78, 5) is 15.0. The zero-order valence-corrected chi connectivity index (χ0v) is 15.9. The number of benzene rings is 1. The molecular weight excluding hydrogens is 345 g/mol. The van der Waals surface area contributed by atoms with Gasteiger partial charge < -0.3 is 15.5 Å². The molecule has 0 radical (unpaired) electrons. The minimum absolute atomic E-state index is 0. The second-order valence-corrected chi connectivity index (χ2v) is 6.69. The molecule has 2 saturated heterocycles. The highest BCUT2D eigenvalue weighted by Gasteiger charge is 2.30. The van der Waals surface area contributed by atoms with Crippen molar-refractivity contribution in [2.24, 2.45) is 11.8 Å². The SMILES string of the molecule is CC(C(=O)NC(CN1CCCC1)c1ccccc1)C1CNC1.Cl.Cl. The molecule has 6 heteroatoms. The summed E-state index contributed by atoms with van der Waals surface area (Å²) in [6, 6.07) is 10.5. The van der Waals surface area contributed by atoms with E-state index in [1.165, 1.54) is 18.4 Å². The van der Waals surface area contributed by atoms with Gasteiger partial charge in [0.1, 0.15) is 0 Å². The van der Waals surface area contributed by atoms with Gasteiger partial charge >= 0.3 is 0 Å². The summed E-state index contributed by atoms with van der Waals surface area (Å²) in [5.41, 5.74) is 1.21. The lowest BCUT2D eigenvalue weighted by atomic mass is 9.88. The lowest BCUT2D eigenvalue weighted by Crippen LogP contribution is -2.50. The molecule has 2 unspecified atom stereocenters. The van der Waals surface area contributed by atoms with Crippen molar-refractivity contribution in [2.75, 3.05) is 32.7 Å². The summed E-state index contributed by atoms with van der Waals surface area (Å²) in [6.07, 6.45) is 2.55. The number of hydrogen-bond acceptors (Lipinski definition) is 3. The molecule has 0 spiro atoms. The number of nitrogens with zero attached hydrogens (tertiary/aromatic N) is 1. The normalized spacial score (nSPS) is 20.2. The van der Waals surface area contributed by atoms with E-state index in [-0.39, 0.29) is 42.7 Å². The summed E-state index contributed by atoms with van der Waals surface area (Å²) in [6.45, 7) is 7.22. The van der Waals surface area contributed by atoms with Crippen molar-refractivity contribution in [1.82, 2.24) is 15.5 Å². The zero-order valence-electron chi connectivity index (χ0n) is 14.2. The number of likely N-dealkylation sites (tertiary alicyclic amines) is 1. The van der Waals surface area contributed by atoms with Crippen LogP contribution in [-0.4, -0.2) is 43.5 Å². The van der Waals surface area contributed by atoms with E-state index in [0.717, 1.165) is 32.7 Å². The van der Waals surface area contributed by atoms with E-state index in [0.29, 0.717) is 5.92 Å². The van der Waals surface area contributed by atoms with Gasteiger partial charge in [-0.3, -0.25) is 4.79 Å². The van der Waals surface area contributed by atoms with Gasteiger partial charge in [-0.2, -0.15) is 0 Å². The third-order valence-corrected chi connectivity index (χ3v) is 5.09. The summed E-state index contributed by atoms with van der Waals surface area (Å²) in [7, 11) is 0. The maximum absolute atomic E-state index is 12.6. The zero-order chi connectivity index (χ0) is 15.4. The highest BCUT2D eigenvalue weighted by atomic mass is 35.5. The molecule has 2 aliphatic heterocycles. The number of carbonyl (C=O) groups is 1. The molecule has 3 rings (SSSR count). The molecule has 2 atom stereocenters. The Hall–Kier alpha value is -0.810. The van der Waals surface area contributed by atoms with Crippen molar-refractivity contribution >= 4 is 30.7 Å². The van der Waals surface area contributed by atoms with Crippen LogP contribution in [0.1, 0.15) is 31.4 Å². The van der Waals surface area contributed by atoms with Crippen LogP contribution in [0.25, 0.3) is 0 Å². The molecule has 0 aromatic heterocycles. The van der Waals surface area contributed by atoms with Gasteiger partial charge in [0.05, 0.1) is 6.04 Å². The average Bonchev–Trinajstić information content (AvgIpc) is 2.98. The van der Waals surface area contributed by atoms with Crippen molar-refractivity contribution in [3.8, 4) is 0 Å². The van der Waals surface area contributed by atoms with Crippen LogP contribution in [0.2, 0.25) is 0 Å². The van der Waals surface area contributed by atoms with Crippen molar-refractivity contribution in [3.05, 3.63) is 35.9 Å². The number of nitrogens with one attached hydrogen (secondary N) is 2. The third-order valence-electron chi connectivity index (χ3n) is 5.09. The summed E-state index contributed by atoms with van der Waals surface area (Å²) < 4.78 is 0. The first kappa shape index (κ1) is 21.2. The number of carbonyl (C=O) groups excluding carboxylic acids is 1. The summed E-state index contributed by atoms with van der Waals surface area (Å²) in [5.74, 6) is 0.772. The monoisotopic (exact) mass is 373 g/mol. The van der Waals surface area contributed by atoms with E-state index in [1.54, 1.807) is 0 Å². The highest BCUT2D eigenvalue weighted by Crippen LogP contribution is 2.21. The van der Waals surface area contributed by atoms with Crippen LogP contribution in [0, 0.1) is 11.8 Å². The Balaban J connectivity index is 0.00000144. The largest absolute Gasteiger partial charge is 0.348 e. The second kappa shape index (κ2) is 10.2. The molecule has 4 nitrogen and oxygen atoms in total. The highest BCUT2D eigenvalue weighted by molar-refractivity contribution is 5.85. The average molecular weight is 374 g/mol. The molecule has 136 valence electrons. The Labute approximate surface area is 157 Å². The Morgan fingerprint density at radius 3 is 2.38 bits per heavy atom. The number of halogens is 2. The van der Waals surface area contributed by atoms with Crippen LogP contribution in [0.4, 0.5) is 0 Å².